The third-order valence-electron chi connectivity index (χ3n) is 3.49. The molecule has 0 spiro atoms. The van der Waals surface area contributed by atoms with Gasteiger partial charge in [-0.25, -0.2) is 4.98 Å². The van der Waals surface area contributed by atoms with Crippen LogP contribution in [-0.4, -0.2) is 24.1 Å². The third kappa shape index (κ3) is 3.33. The molecule has 3 rings (SSSR count). The summed E-state index contributed by atoms with van der Waals surface area (Å²) in [5.74, 6) is 0. The standard InChI is InChI=1S/C15H19N3S/c1-3-12(15-17-9-10-19-15)11-14(4-1)18-13-5-2-7-16-8-6-13/h1,3-4,9-11,13,16,18H,2,5-8H2. The van der Waals surface area contributed by atoms with Crippen LogP contribution in [0.5, 0.6) is 0 Å². The fraction of sp³-hybridized carbons (Fsp3) is 0.400. The van der Waals surface area contributed by atoms with E-state index in [0.717, 1.165) is 18.1 Å². The van der Waals surface area contributed by atoms with Crippen LogP contribution in [0.25, 0.3) is 10.6 Å². The van der Waals surface area contributed by atoms with Crippen molar-refractivity contribution >= 4 is 17.0 Å². The van der Waals surface area contributed by atoms with Crippen molar-refractivity contribution in [1.82, 2.24) is 10.3 Å². The van der Waals surface area contributed by atoms with Gasteiger partial charge in [-0.15, -0.1) is 11.3 Å². The first-order chi connectivity index (χ1) is 9.42. The minimum absolute atomic E-state index is 0.585. The number of nitrogens with one attached hydrogen (secondary N) is 2. The molecule has 1 aliphatic heterocycles. The number of aromatic nitrogens is 1. The Kier molecular flexibility index (Phi) is 4.10. The molecule has 1 aliphatic rings. The molecule has 1 aromatic heterocycles. The van der Waals surface area contributed by atoms with Gasteiger partial charge in [0.25, 0.3) is 0 Å². The normalized spacial score (nSPS) is 19.9. The van der Waals surface area contributed by atoms with Gasteiger partial charge in [0.1, 0.15) is 5.01 Å². The number of hydrogen-bond acceptors (Lipinski definition) is 4. The first-order valence-corrected chi connectivity index (χ1v) is 7.77. The molecule has 4 heteroatoms. The highest BCUT2D eigenvalue weighted by atomic mass is 32.1. The zero-order valence-corrected chi connectivity index (χ0v) is 11.7. The van der Waals surface area contributed by atoms with Gasteiger partial charge in [0.2, 0.25) is 0 Å². The van der Waals surface area contributed by atoms with E-state index in [4.69, 9.17) is 0 Å². The molecular formula is C15H19N3S. The van der Waals surface area contributed by atoms with Crippen LogP contribution in [0.4, 0.5) is 5.69 Å². The van der Waals surface area contributed by atoms with E-state index in [1.165, 1.54) is 30.5 Å². The highest BCUT2D eigenvalue weighted by molar-refractivity contribution is 7.13. The zero-order valence-electron chi connectivity index (χ0n) is 10.9. The van der Waals surface area contributed by atoms with Crippen molar-refractivity contribution in [1.29, 1.82) is 0 Å². The van der Waals surface area contributed by atoms with Crippen LogP contribution in [0.1, 0.15) is 19.3 Å². The second-order valence-electron chi connectivity index (χ2n) is 4.94. The van der Waals surface area contributed by atoms with Crippen molar-refractivity contribution in [2.24, 2.45) is 0 Å². The zero-order chi connectivity index (χ0) is 12.9. The Bertz CT molecular complexity index is 502. The summed E-state index contributed by atoms with van der Waals surface area (Å²) in [5, 5.41) is 10.2. The summed E-state index contributed by atoms with van der Waals surface area (Å²) >= 11 is 1.69. The lowest BCUT2D eigenvalue weighted by Crippen LogP contribution is -2.21. The first kappa shape index (κ1) is 12.6. The Morgan fingerprint density at radius 1 is 1.26 bits per heavy atom. The SMILES string of the molecule is c1cc(NC2CCCNCC2)cc(-c2nccs2)c1. The minimum Gasteiger partial charge on any atom is -0.382 e. The highest BCUT2D eigenvalue weighted by Crippen LogP contribution is 2.25. The molecule has 0 aliphatic carbocycles. The minimum atomic E-state index is 0.585. The van der Waals surface area contributed by atoms with Gasteiger partial charge < -0.3 is 10.6 Å². The Labute approximate surface area is 118 Å². The lowest BCUT2D eigenvalue weighted by Gasteiger charge is -2.17. The predicted molar refractivity (Wildman–Crippen MR) is 81.7 cm³/mol. The van der Waals surface area contributed by atoms with Gasteiger partial charge in [-0.2, -0.15) is 0 Å². The van der Waals surface area contributed by atoms with E-state index < -0.39 is 0 Å². The maximum Gasteiger partial charge on any atom is 0.123 e. The third-order valence-corrected chi connectivity index (χ3v) is 4.31. The van der Waals surface area contributed by atoms with E-state index in [-0.39, 0.29) is 0 Å². The van der Waals surface area contributed by atoms with Crippen LogP contribution in [0.3, 0.4) is 0 Å². The molecule has 1 atom stereocenters. The summed E-state index contributed by atoms with van der Waals surface area (Å²) in [6, 6.07) is 9.17. The van der Waals surface area contributed by atoms with Crippen molar-refractivity contribution in [2.45, 2.75) is 25.3 Å². The monoisotopic (exact) mass is 273 g/mol. The number of nitrogens with zero attached hydrogens (tertiary/aromatic N) is 1. The van der Waals surface area contributed by atoms with Gasteiger partial charge in [-0.05, 0) is 44.5 Å². The molecule has 1 fully saturated rings. The van der Waals surface area contributed by atoms with Gasteiger partial charge in [0.05, 0.1) is 0 Å². The van der Waals surface area contributed by atoms with E-state index in [0.29, 0.717) is 6.04 Å². The van der Waals surface area contributed by atoms with Crippen LogP contribution in [0.2, 0.25) is 0 Å². The van der Waals surface area contributed by atoms with E-state index in [9.17, 15) is 0 Å². The molecule has 1 aromatic carbocycles. The number of benzene rings is 1. The van der Waals surface area contributed by atoms with Crippen LogP contribution < -0.4 is 10.6 Å². The maximum atomic E-state index is 4.37. The van der Waals surface area contributed by atoms with Crippen LogP contribution in [-0.2, 0) is 0 Å². The molecule has 19 heavy (non-hydrogen) atoms. The predicted octanol–water partition coefficient (Wildman–Crippen LogP) is 3.36. The Hall–Kier alpha value is -1.39. The summed E-state index contributed by atoms with van der Waals surface area (Å²) < 4.78 is 0. The molecule has 1 unspecified atom stereocenters. The van der Waals surface area contributed by atoms with Gasteiger partial charge in [0.15, 0.2) is 0 Å². The fourth-order valence-corrected chi connectivity index (χ4v) is 3.14. The molecule has 2 heterocycles. The molecule has 2 N–H and O–H groups in total. The fourth-order valence-electron chi connectivity index (χ4n) is 2.51. The van der Waals surface area contributed by atoms with Crippen molar-refractivity contribution in [2.75, 3.05) is 18.4 Å². The Morgan fingerprint density at radius 2 is 2.26 bits per heavy atom. The average Bonchev–Trinajstić information content (AvgIpc) is 2.86. The van der Waals surface area contributed by atoms with Crippen molar-refractivity contribution in [3.63, 3.8) is 0 Å². The van der Waals surface area contributed by atoms with Crippen molar-refractivity contribution < 1.29 is 0 Å². The quantitative estimate of drug-likeness (QED) is 0.900. The summed E-state index contributed by atoms with van der Waals surface area (Å²) in [5.41, 5.74) is 2.41. The van der Waals surface area contributed by atoms with E-state index >= 15 is 0 Å². The summed E-state index contributed by atoms with van der Waals surface area (Å²) in [6.07, 6.45) is 5.55. The second-order valence-corrected chi connectivity index (χ2v) is 5.83. The van der Waals surface area contributed by atoms with Gasteiger partial charge >= 0.3 is 0 Å². The maximum absolute atomic E-state index is 4.37. The van der Waals surface area contributed by atoms with Crippen molar-refractivity contribution in [3.05, 3.63) is 35.8 Å². The molecule has 0 bridgehead atoms. The molecule has 0 amide bonds. The number of hydrogen-bond donors (Lipinski definition) is 2. The molecule has 0 radical (unpaired) electrons. The summed E-state index contributed by atoms with van der Waals surface area (Å²) in [7, 11) is 0. The van der Waals surface area contributed by atoms with E-state index in [2.05, 4.69) is 39.9 Å². The smallest absolute Gasteiger partial charge is 0.123 e. The molecule has 1 saturated heterocycles. The van der Waals surface area contributed by atoms with Crippen LogP contribution >= 0.6 is 11.3 Å². The number of rotatable bonds is 3. The molecule has 2 aromatic rings. The number of thiazole rings is 1. The van der Waals surface area contributed by atoms with Crippen LogP contribution in [0.15, 0.2) is 35.8 Å². The van der Waals surface area contributed by atoms with Crippen molar-refractivity contribution in [3.8, 4) is 10.6 Å². The average molecular weight is 273 g/mol. The van der Waals surface area contributed by atoms with Crippen LogP contribution in [0, 0.1) is 0 Å². The van der Waals surface area contributed by atoms with E-state index in [1.807, 2.05) is 11.6 Å². The lowest BCUT2D eigenvalue weighted by molar-refractivity contribution is 0.637. The molecular weight excluding hydrogens is 254 g/mol. The molecule has 3 nitrogen and oxygen atoms in total. The Morgan fingerprint density at radius 3 is 3.16 bits per heavy atom. The van der Waals surface area contributed by atoms with Gasteiger partial charge in [-0.1, -0.05) is 12.1 Å². The second kappa shape index (κ2) is 6.17. The molecule has 0 saturated carbocycles. The Balaban J connectivity index is 1.72. The summed E-state index contributed by atoms with van der Waals surface area (Å²) in [4.78, 5) is 4.37. The largest absolute Gasteiger partial charge is 0.382 e. The molecule has 100 valence electrons. The highest BCUT2D eigenvalue weighted by Gasteiger charge is 2.11. The number of anilines is 1. The van der Waals surface area contributed by atoms with Gasteiger partial charge in [0, 0.05) is 28.9 Å². The van der Waals surface area contributed by atoms with Gasteiger partial charge in [-0.3, -0.25) is 0 Å². The topological polar surface area (TPSA) is 37.0 Å². The first-order valence-electron chi connectivity index (χ1n) is 6.89. The summed E-state index contributed by atoms with van der Waals surface area (Å²) in [6.45, 7) is 2.27. The van der Waals surface area contributed by atoms with E-state index in [1.54, 1.807) is 11.3 Å². The lowest BCUT2D eigenvalue weighted by atomic mass is 10.1.